The van der Waals surface area contributed by atoms with E-state index in [0.29, 0.717) is 30.1 Å². The number of carbonyl (C=O) groups excluding carboxylic acids is 2. The second-order valence-corrected chi connectivity index (χ2v) is 8.14. The number of carbonyl (C=O) groups is 2. The zero-order valence-electron chi connectivity index (χ0n) is 16.2. The number of likely N-dealkylation sites (N-methyl/N-ethyl adjacent to an activating group) is 1. The van der Waals surface area contributed by atoms with Crippen molar-refractivity contribution in [2.45, 2.75) is 31.0 Å². The molecular weight excluding hydrogens is 417 g/mol. The molecule has 0 bridgehead atoms. The van der Waals surface area contributed by atoms with Gasteiger partial charge in [-0.3, -0.25) is 9.59 Å². The van der Waals surface area contributed by atoms with Crippen molar-refractivity contribution in [2.75, 3.05) is 18.5 Å². The SMILES string of the molecule is CN(C(=O)[C@@H]1C[C@H]1c1ccccc1C(F)(F)F)[C@@H]1CCN(c2ccccc2Cl)C1=O. The van der Waals surface area contributed by atoms with Crippen LogP contribution in [-0.2, 0) is 15.8 Å². The van der Waals surface area contributed by atoms with Crippen LogP contribution in [0.5, 0.6) is 0 Å². The van der Waals surface area contributed by atoms with Crippen molar-refractivity contribution in [1.82, 2.24) is 4.90 Å². The number of anilines is 1. The maximum atomic E-state index is 13.3. The molecule has 4 nitrogen and oxygen atoms in total. The average molecular weight is 437 g/mol. The van der Waals surface area contributed by atoms with E-state index in [2.05, 4.69) is 0 Å². The Morgan fingerprint density at radius 1 is 1.13 bits per heavy atom. The summed E-state index contributed by atoms with van der Waals surface area (Å²) in [6, 6.07) is 11.7. The highest BCUT2D eigenvalue weighted by atomic mass is 35.5. The molecule has 1 saturated carbocycles. The molecule has 3 atom stereocenters. The first-order chi connectivity index (χ1) is 14.2. The van der Waals surface area contributed by atoms with Crippen molar-refractivity contribution in [1.29, 1.82) is 0 Å². The second kappa shape index (κ2) is 7.61. The highest BCUT2D eigenvalue weighted by Crippen LogP contribution is 2.52. The maximum absolute atomic E-state index is 13.3. The van der Waals surface area contributed by atoms with Gasteiger partial charge in [0.2, 0.25) is 11.8 Å². The summed E-state index contributed by atoms with van der Waals surface area (Å²) in [4.78, 5) is 28.8. The second-order valence-electron chi connectivity index (χ2n) is 7.73. The number of rotatable bonds is 4. The zero-order valence-corrected chi connectivity index (χ0v) is 17.0. The maximum Gasteiger partial charge on any atom is 0.416 e. The molecule has 2 fully saturated rings. The van der Waals surface area contributed by atoms with Crippen LogP contribution >= 0.6 is 11.6 Å². The number of alkyl halides is 3. The van der Waals surface area contributed by atoms with E-state index < -0.39 is 29.6 Å². The Morgan fingerprint density at radius 2 is 1.80 bits per heavy atom. The van der Waals surface area contributed by atoms with Crippen LogP contribution in [0, 0.1) is 5.92 Å². The fourth-order valence-electron chi connectivity index (χ4n) is 4.24. The lowest BCUT2D eigenvalue weighted by atomic mass is 10.0. The molecule has 0 spiro atoms. The van der Waals surface area contributed by atoms with Crippen molar-refractivity contribution < 1.29 is 22.8 Å². The van der Waals surface area contributed by atoms with Crippen LogP contribution in [0.2, 0.25) is 5.02 Å². The third-order valence-corrected chi connectivity index (χ3v) is 6.23. The molecule has 2 aliphatic rings. The van der Waals surface area contributed by atoms with Crippen LogP contribution in [0.4, 0.5) is 18.9 Å². The van der Waals surface area contributed by atoms with Gasteiger partial charge in [0.15, 0.2) is 0 Å². The van der Waals surface area contributed by atoms with Gasteiger partial charge in [0, 0.05) is 19.5 Å². The molecule has 4 rings (SSSR count). The number of nitrogens with zero attached hydrogens (tertiary/aromatic N) is 2. The van der Waals surface area contributed by atoms with Gasteiger partial charge in [0.1, 0.15) is 6.04 Å². The Kier molecular flexibility index (Phi) is 5.26. The number of benzene rings is 2. The highest BCUT2D eigenvalue weighted by Gasteiger charge is 2.50. The Balaban J connectivity index is 1.47. The summed E-state index contributed by atoms with van der Waals surface area (Å²) in [5.74, 6) is -1.54. The molecule has 2 aromatic carbocycles. The van der Waals surface area contributed by atoms with E-state index in [1.807, 2.05) is 0 Å². The number of para-hydroxylation sites is 1. The van der Waals surface area contributed by atoms with Gasteiger partial charge in [0.25, 0.3) is 0 Å². The Morgan fingerprint density at radius 3 is 2.50 bits per heavy atom. The van der Waals surface area contributed by atoms with Gasteiger partial charge in [0.05, 0.1) is 16.3 Å². The molecule has 158 valence electrons. The molecule has 0 N–H and O–H groups in total. The van der Waals surface area contributed by atoms with Gasteiger partial charge in [-0.05, 0) is 42.5 Å². The van der Waals surface area contributed by atoms with Crippen molar-refractivity contribution in [2.24, 2.45) is 5.92 Å². The number of hydrogen-bond acceptors (Lipinski definition) is 2. The zero-order chi connectivity index (χ0) is 21.6. The van der Waals surface area contributed by atoms with E-state index in [1.165, 1.54) is 17.0 Å². The van der Waals surface area contributed by atoms with Crippen LogP contribution in [0.15, 0.2) is 48.5 Å². The van der Waals surface area contributed by atoms with E-state index in [0.717, 1.165) is 6.07 Å². The van der Waals surface area contributed by atoms with Crippen LogP contribution in [-0.4, -0.2) is 36.3 Å². The van der Waals surface area contributed by atoms with Gasteiger partial charge in [-0.15, -0.1) is 0 Å². The van der Waals surface area contributed by atoms with Crippen molar-refractivity contribution >= 4 is 29.1 Å². The average Bonchev–Trinajstić information content (AvgIpc) is 3.42. The summed E-state index contributed by atoms with van der Waals surface area (Å²) in [5.41, 5.74) is 0.0397. The minimum Gasteiger partial charge on any atom is -0.333 e. The lowest BCUT2D eigenvalue weighted by Crippen LogP contribution is -2.43. The monoisotopic (exact) mass is 436 g/mol. The Labute approximate surface area is 177 Å². The first-order valence-electron chi connectivity index (χ1n) is 9.69. The summed E-state index contributed by atoms with van der Waals surface area (Å²) in [6.45, 7) is 0.426. The fraction of sp³-hybridized carbons (Fsp3) is 0.364. The molecular formula is C22H20ClF3N2O2. The predicted molar refractivity (Wildman–Crippen MR) is 107 cm³/mol. The third kappa shape index (κ3) is 3.67. The summed E-state index contributed by atoms with van der Waals surface area (Å²) >= 11 is 6.19. The topological polar surface area (TPSA) is 40.6 Å². The van der Waals surface area contributed by atoms with Crippen LogP contribution in [0.25, 0.3) is 0 Å². The largest absolute Gasteiger partial charge is 0.416 e. The normalized spacial score (nSPS) is 23.6. The molecule has 1 saturated heterocycles. The van der Waals surface area contributed by atoms with Crippen molar-refractivity contribution in [3.8, 4) is 0 Å². The number of halogens is 4. The first kappa shape index (κ1) is 20.7. The lowest BCUT2D eigenvalue weighted by molar-refractivity contribution is -0.139. The summed E-state index contributed by atoms with van der Waals surface area (Å²) in [7, 11) is 1.55. The minimum absolute atomic E-state index is 0.146. The molecule has 1 heterocycles. The summed E-state index contributed by atoms with van der Waals surface area (Å²) in [6.07, 6.45) is -3.66. The third-order valence-electron chi connectivity index (χ3n) is 5.91. The molecule has 2 amide bonds. The first-order valence-corrected chi connectivity index (χ1v) is 10.1. The molecule has 0 aromatic heterocycles. The number of amides is 2. The predicted octanol–water partition coefficient (Wildman–Crippen LogP) is 4.73. The highest BCUT2D eigenvalue weighted by molar-refractivity contribution is 6.34. The van der Waals surface area contributed by atoms with Crippen LogP contribution in [0.1, 0.15) is 29.9 Å². The van der Waals surface area contributed by atoms with Gasteiger partial charge in [-0.25, -0.2) is 0 Å². The van der Waals surface area contributed by atoms with Gasteiger partial charge < -0.3 is 9.80 Å². The van der Waals surface area contributed by atoms with E-state index in [9.17, 15) is 22.8 Å². The van der Waals surface area contributed by atoms with Crippen molar-refractivity contribution in [3.63, 3.8) is 0 Å². The van der Waals surface area contributed by atoms with Crippen LogP contribution in [0.3, 0.4) is 0 Å². The quantitative estimate of drug-likeness (QED) is 0.695. The standard InChI is InChI=1S/C22H20ClF3N2O2/c1-27(19-10-11-28(21(19)30)18-9-5-4-8-17(18)23)20(29)15-12-14(15)13-6-2-3-7-16(13)22(24,25)26/h2-9,14-15,19H,10-12H2,1H3/t14-,15+,19+/m0/s1. The molecule has 1 aliphatic heterocycles. The lowest BCUT2D eigenvalue weighted by Gasteiger charge is -2.25. The molecule has 2 aromatic rings. The number of hydrogen-bond donors (Lipinski definition) is 0. The molecule has 0 unspecified atom stereocenters. The summed E-state index contributed by atoms with van der Waals surface area (Å²) < 4.78 is 39.9. The van der Waals surface area contributed by atoms with Crippen LogP contribution < -0.4 is 4.90 Å². The minimum atomic E-state index is -4.46. The fourth-order valence-corrected chi connectivity index (χ4v) is 4.48. The van der Waals surface area contributed by atoms with Gasteiger partial charge >= 0.3 is 6.18 Å². The van der Waals surface area contributed by atoms with Gasteiger partial charge in [-0.1, -0.05) is 41.9 Å². The smallest absolute Gasteiger partial charge is 0.333 e. The van der Waals surface area contributed by atoms with Crippen molar-refractivity contribution in [3.05, 3.63) is 64.7 Å². The van der Waals surface area contributed by atoms with E-state index in [4.69, 9.17) is 11.6 Å². The molecule has 0 radical (unpaired) electrons. The molecule has 30 heavy (non-hydrogen) atoms. The van der Waals surface area contributed by atoms with Gasteiger partial charge in [-0.2, -0.15) is 13.2 Å². The van der Waals surface area contributed by atoms with E-state index >= 15 is 0 Å². The van der Waals surface area contributed by atoms with E-state index in [1.54, 1.807) is 42.3 Å². The van der Waals surface area contributed by atoms with E-state index in [-0.39, 0.29) is 17.4 Å². The molecule has 1 aliphatic carbocycles. The summed E-state index contributed by atoms with van der Waals surface area (Å²) in [5, 5.41) is 0.450. The Hall–Kier alpha value is -2.54. The Bertz CT molecular complexity index is 994. The molecule has 8 heteroatoms.